The van der Waals surface area contributed by atoms with Gasteiger partial charge in [-0.3, -0.25) is 0 Å². The zero-order valence-corrected chi connectivity index (χ0v) is 9.89. The van der Waals surface area contributed by atoms with Gasteiger partial charge in [0, 0.05) is 0 Å². The molecule has 1 heteroatoms. The predicted molar refractivity (Wildman–Crippen MR) is 67.2 cm³/mol. The molecule has 2 aliphatic rings. The minimum absolute atomic E-state index is 0.749. The third kappa shape index (κ3) is 2.54. The SMILES string of the molecule is C1=CC2CC2C=C1Oc1ccccc1.CC. The average Bonchev–Trinajstić information content (AvgIpc) is 3.11. The maximum atomic E-state index is 5.73. The Kier molecular flexibility index (Phi) is 3.45. The lowest BCUT2D eigenvalue weighted by molar-refractivity contribution is 0.438. The Morgan fingerprint density at radius 3 is 2.50 bits per heavy atom. The van der Waals surface area contributed by atoms with E-state index < -0.39 is 0 Å². The number of ether oxygens (including phenoxy) is 1. The molecule has 1 aromatic rings. The van der Waals surface area contributed by atoms with Crippen molar-refractivity contribution in [2.24, 2.45) is 11.8 Å². The maximum Gasteiger partial charge on any atom is 0.127 e. The summed E-state index contributed by atoms with van der Waals surface area (Å²) in [5.74, 6) is 3.47. The Labute approximate surface area is 97.4 Å². The Morgan fingerprint density at radius 2 is 1.81 bits per heavy atom. The van der Waals surface area contributed by atoms with Gasteiger partial charge in [0.2, 0.25) is 0 Å². The van der Waals surface area contributed by atoms with Gasteiger partial charge in [-0.1, -0.05) is 38.1 Å². The summed E-state index contributed by atoms with van der Waals surface area (Å²) >= 11 is 0. The van der Waals surface area contributed by atoms with Crippen LogP contribution < -0.4 is 4.74 Å². The largest absolute Gasteiger partial charge is 0.458 e. The highest BCUT2D eigenvalue weighted by Crippen LogP contribution is 2.44. The molecule has 0 N–H and O–H groups in total. The lowest BCUT2D eigenvalue weighted by atomic mass is 10.2. The molecule has 0 aromatic heterocycles. The monoisotopic (exact) mass is 214 g/mol. The van der Waals surface area contributed by atoms with Crippen molar-refractivity contribution in [3.05, 3.63) is 54.3 Å². The predicted octanol–water partition coefficient (Wildman–Crippen LogP) is 4.18. The number of hydrogen-bond donors (Lipinski definition) is 0. The van der Waals surface area contributed by atoms with Gasteiger partial charge in [-0.05, 0) is 42.5 Å². The van der Waals surface area contributed by atoms with Crippen molar-refractivity contribution in [3.8, 4) is 5.75 Å². The maximum absolute atomic E-state index is 5.73. The van der Waals surface area contributed by atoms with Gasteiger partial charge in [0.1, 0.15) is 11.5 Å². The van der Waals surface area contributed by atoms with Crippen LogP contribution in [0.4, 0.5) is 0 Å². The topological polar surface area (TPSA) is 9.23 Å². The summed E-state index contributed by atoms with van der Waals surface area (Å²) in [5, 5.41) is 0. The fraction of sp³-hybridized carbons (Fsp3) is 0.333. The van der Waals surface area contributed by atoms with Gasteiger partial charge < -0.3 is 4.74 Å². The molecular weight excluding hydrogens is 196 g/mol. The van der Waals surface area contributed by atoms with Crippen molar-refractivity contribution >= 4 is 0 Å². The van der Waals surface area contributed by atoms with Crippen molar-refractivity contribution in [2.45, 2.75) is 20.3 Å². The zero-order chi connectivity index (χ0) is 11.4. The molecule has 84 valence electrons. The molecule has 0 saturated heterocycles. The third-order valence-electron chi connectivity index (χ3n) is 2.76. The summed E-state index contributed by atoms with van der Waals surface area (Å²) in [6, 6.07) is 9.93. The molecule has 0 aliphatic heterocycles. The molecule has 1 fully saturated rings. The van der Waals surface area contributed by atoms with Crippen LogP contribution in [0.25, 0.3) is 0 Å². The summed E-state index contributed by atoms with van der Waals surface area (Å²) < 4.78 is 5.73. The van der Waals surface area contributed by atoms with Crippen molar-refractivity contribution in [2.75, 3.05) is 0 Å². The Balaban J connectivity index is 0.000000457. The highest BCUT2D eigenvalue weighted by molar-refractivity contribution is 5.31. The molecule has 3 rings (SSSR count). The third-order valence-corrected chi connectivity index (χ3v) is 2.76. The van der Waals surface area contributed by atoms with Gasteiger partial charge in [0.15, 0.2) is 0 Å². The lowest BCUT2D eigenvalue weighted by Gasteiger charge is -2.08. The number of benzene rings is 1. The van der Waals surface area contributed by atoms with Crippen molar-refractivity contribution in [1.82, 2.24) is 0 Å². The molecular formula is C15H18O. The van der Waals surface area contributed by atoms with E-state index >= 15 is 0 Å². The van der Waals surface area contributed by atoms with Crippen LogP contribution >= 0.6 is 0 Å². The van der Waals surface area contributed by atoms with Gasteiger partial charge in [-0.15, -0.1) is 0 Å². The van der Waals surface area contributed by atoms with Crippen LogP contribution in [0.5, 0.6) is 5.75 Å². The quantitative estimate of drug-likeness (QED) is 0.717. The highest BCUT2D eigenvalue weighted by atomic mass is 16.5. The molecule has 16 heavy (non-hydrogen) atoms. The molecule has 1 nitrogen and oxygen atoms in total. The Hall–Kier alpha value is -1.50. The fourth-order valence-corrected chi connectivity index (χ4v) is 1.83. The molecule has 0 radical (unpaired) electrons. The van der Waals surface area contributed by atoms with Crippen LogP contribution in [0.3, 0.4) is 0 Å². The minimum atomic E-state index is 0.749. The Morgan fingerprint density at radius 1 is 1.06 bits per heavy atom. The first-order valence-electron chi connectivity index (χ1n) is 6.05. The van der Waals surface area contributed by atoms with Crippen LogP contribution in [0.1, 0.15) is 20.3 Å². The normalized spacial score (nSPS) is 24.8. The van der Waals surface area contributed by atoms with Gasteiger partial charge >= 0.3 is 0 Å². The van der Waals surface area contributed by atoms with Crippen molar-refractivity contribution in [3.63, 3.8) is 0 Å². The van der Waals surface area contributed by atoms with Gasteiger partial charge in [0.05, 0.1) is 0 Å². The average molecular weight is 214 g/mol. The minimum Gasteiger partial charge on any atom is -0.458 e. The second kappa shape index (κ2) is 5.02. The summed E-state index contributed by atoms with van der Waals surface area (Å²) in [6.45, 7) is 4.00. The van der Waals surface area contributed by atoms with E-state index in [9.17, 15) is 0 Å². The summed E-state index contributed by atoms with van der Waals surface area (Å²) in [5.41, 5.74) is 0. The van der Waals surface area contributed by atoms with E-state index in [1.807, 2.05) is 44.2 Å². The van der Waals surface area contributed by atoms with Crippen LogP contribution in [0.15, 0.2) is 54.3 Å². The second-order valence-electron chi connectivity index (χ2n) is 3.91. The van der Waals surface area contributed by atoms with E-state index in [0.717, 1.165) is 23.3 Å². The molecule has 0 spiro atoms. The molecule has 0 heterocycles. The molecule has 2 atom stereocenters. The summed E-state index contributed by atoms with van der Waals surface area (Å²) in [6.07, 6.45) is 7.87. The zero-order valence-electron chi connectivity index (χ0n) is 9.89. The molecule has 0 bridgehead atoms. The van der Waals surface area contributed by atoms with E-state index in [0.29, 0.717) is 0 Å². The molecule has 1 saturated carbocycles. The number of fused-ring (bicyclic) bond motifs is 1. The van der Waals surface area contributed by atoms with E-state index in [2.05, 4.69) is 18.2 Å². The van der Waals surface area contributed by atoms with E-state index in [4.69, 9.17) is 4.74 Å². The number of rotatable bonds is 2. The number of hydrogen-bond acceptors (Lipinski definition) is 1. The summed E-state index contributed by atoms with van der Waals surface area (Å²) in [4.78, 5) is 0. The number of allylic oxidation sites excluding steroid dienone is 3. The van der Waals surface area contributed by atoms with Crippen LogP contribution in [-0.2, 0) is 0 Å². The molecule has 2 unspecified atom stereocenters. The number of para-hydroxylation sites is 1. The van der Waals surface area contributed by atoms with Crippen molar-refractivity contribution < 1.29 is 4.74 Å². The smallest absolute Gasteiger partial charge is 0.127 e. The molecule has 2 aliphatic carbocycles. The van der Waals surface area contributed by atoms with Gasteiger partial charge in [-0.25, -0.2) is 0 Å². The standard InChI is InChI=1S/C13H12O.C2H6/c1-2-4-12(5-3-1)14-13-7-6-10-8-11(10)9-13;1-2/h1-7,9-11H,8H2;1-2H3. The molecule has 0 amide bonds. The first kappa shape index (κ1) is 11.0. The van der Waals surface area contributed by atoms with Crippen LogP contribution in [0.2, 0.25) is 0 Å². The van der Waals surface area contributed by atoms with E-state index in [-0.39, 0.29) is 0 Å². The first-order valence-corrected chi connectivity index (χ1v) is 6.05. The Bertz CT molecular complexity index is 389. The van der Waals surface area contributed by atoms with Crippen LogP contribution in [-0.4, -0.2) is 0 Å². The van der Waals surface area contributed by atoms with E-state index in [1.165, 1.54) is 6.42 Å². The second-order valence-corrected chi connectivity index (χ2v) is 3.91. The lowest BCUT2D eigenvalue weighted by Crippen LogP contribution is -1.96. The molecule has 1 aromatic carbocycles. The van der Waals surface area contributed by atoms with Gasteiger partial charge in [0.25, 0.3) is 0 Å². The van der Waals surface area contributed by atoms with Crippen LogP contribution in [0, 0.1) is 11.8 Å². The van der Waals surface area contributed by atoms with Crippen molar-refractivity contribution in [1.29, 1.82) is 0 Å². The first-order chi connectivity index (χ1) is 7.92. The van der Waals surface area contributed by atoms with E-state index in [1.54, 1.807) is 0 Å². The van der Waals surface area contributed by atoms with Gasteiger partial charge in [-0.2, -0.15) is 0 Å². The fourth-order valence-electron chi connectivity index (χ4n) is 1.83. The highest BCUT2D eigenvalue weighted by Gasteiger charge is 2.35. The summed E-state index contributed by atoms with van der Waals surface area (Å²) in [7, 11) is 0.